The topological polar surface area (TPSA) is 99.4 Å². The zero-order valence-corrected chi connectivity index (χ0v) is 16.6. The van der Waals surface area contributed by atoms with Crippen molar-refractivity contribution in [2.75, 3.05) is 48.8 Å². The minimum atomic E-state index is -0.504. The molecule has 1 fully saturated rings. The Kier molecular flexibility index (Phi) is 5.59. The number of benzene rings is 1. The Hall–Kier alpha value is -3.17. The number of carbonyl (C=O) groups is 1. The Morgan fingerprint density at radius 3 is 2.45 bits per heavy atom. The Labute approximate surface area is 172 Å². The molecule has 0 unspecified atom stereocenters. The molecule has 1 aliphatic heterocycles. The van der Waals surface area contributed by atoms with E-state index in [1.54, 1.807) is 30.5 Å². The molecule has 29 heavy (non-hydrogen) atoms. The number of hydrogen-bond donors (Lipinski definition) is 2. The van der Waals surface area contributed by atoms with E-state index in [4.69, 9.17) is 16.0 Å². The SMILES string of the molecule is CN1CCN(c2ccc(NC(=O)c3nnc(Nc4ccc(Cl)cc4)o3)cn2)CC1. The van der Waals surface area contributed by atoms with E-state index in [2.05, 4.69) is 42.7 Å². The number of piperazine rings is 1. The maximum absolute atomic E-state index is 12.4. The van der Waals surface area contributed by atoms with Gasteiger partial charge in [0, 0.05) is 36.9 Å². The number of hydrogen-bond acceptors (Lipinski definition) is 8. The number of nitrogens with zero attached hydrogens (tertiary/aromatic N) is 5. The highest BCUT2D eigenvalue weighted by molar-refractivity contribution is 6.30. The molecule has 150 valence electrons. The van der Waals surface area contributed by atoms with Gasteiger partial charge in [-0.1, -0.05) is 16.7 Å². The number of amides is 1. The maximum atomic E-state index is 12.4. The van der Waals surface area contributed by atoms with Crippen molar-refractivity contribution >= 4 is 40.7 Å². The van der Waals surface area contributed by atoms with Crippen LogP contribution in [0.5, 0.6) is 0 Å². The van der Waals surface area contributed by atoms with Crippen LogP contribution in [-0.2, 0) is 0 Å². The molecule has 3 aromatic rings. The smallest absolute Gasteiger partial charge is 0.320 e. The summed E-state index contributed by atoms with van der Waals surface area (Å²) >= 11 is 5.86. The lowest BCUT2D eigenvalue weighted by molar-refractivity contribution is 0.0991. The molecule has 1 saturated heterocycles. The lowest BCUT2D eigenvalue weighted by atomic mass is 10.3. The molecule has 9 nitrogen and oxygen atoms in total. The summed E-state index contributed by atoms with van der Waals surface area (Å²) in [6, 6.07) is 10.8. The molecule has 1 aliphatic rings. The molecular formula is C19H20ClN7O2. The first-order valence-electron chi connectivity index (χ1n) is 9.14. The zero-order chi connectivity index (χ0) is 20.2. The van der Waals surface area contributed by atoms with Crippen LogP contribution in [-0.4, -0.2) is 59.2 Å². The molecule has 10 heteroatoms. The van der Waals surface area contributed by atoms with E-state index in [1.165, 1.54) is 0 Å². The average Bonchev–Trinajstić information content (AvgIpc) is 3.20. The quantitative estimate of drug-likeness (QED) is 0.658. The average molecular weight is 414 g/mol. The third-order valence-corrected chi connectivity index (χ3v) is 4.80. The van der Waals surface area contributed by atoms with Crippen LogP contribution >= 0.6 is 11.6 Å². The summed E-state index contributed by atoms with van der Waals surface area (Å²) in [5, 5.41) is 13.8. The molecule has 0 spiro atoms. The monoisotopic (exact) mass is 413 g/mol. The molecule has 1 amide bonds. The van der Waals surface area contributed by atoms with Crippen molar-refractivity contribution in [3.63, 3.8) is 0 Å². The van der Waals surface area contributed by atoms with Gasteiger partial charge in [-0.25, -0.2) is 4.98 Å². The molecule has 0 aliphatic carbocycles. The molecular weight excluding hydrogens is 394 g/mol. The van der Waals surface area contributed by atoms with Crippen molar-refractivity contribution < 1.29 is 9.21 Å². The van der Waals surface area contributed by atoms with Crippen LogP contribution in [0.4, 0.5) is 23.2 Å². The lowest BCUT2D eigenvalue weighted by Gasteiger charge is -2.33. The normalized spacial score (nSPS) is 14.6. The van der Waals surface area contributed by atoms with Crippen LogP contribution in [0.15, 0.2) is 47.0 Å². The third-order valence-electron chi connectivity index (χ3n) is 4.55. The minimum absolute atomic E-state index is 0.112. The van der Waals surface area contributed by atoms with E-state index in [0.717, 1.165) is 32.0 Å². The number of anilines is 4. The Bertz CT molecular complexity index is 967. The first kappa shape index (κ1) is 19.2. The summed E-state index contributed by atoms with van der Waals surface area (Å²) in [5.41, 5.74) is 1.27. The predicted molar refractivity (Wildman–Crippen MR) is 111 cm³/mol. The number of aromatic nitrogens is 3. The second-order valence-corrected chi connectivity index (χ2v) is 7.13. The summed E-state index contributed by atoms with van der Waals surface area (Å²) in [4.78, 5) is 21.3. The largest absolute Gasteiger partial charge is 0.399 e. The Balaban J connectivity index is 1.35. The predicted octanol–water partition coefficient (Wildman–Crippen LogP) is 2.87. The molecule has 0 bridgehead atoms. The lowest BCUT2D eigenvalue weighted by Crippen LogP contribution is -2.44. The van der Waals surface area contributed by atoms with Gasteiger partial charge in [-0.3, -0.25) is 4.79 Å². The Morgan fingerprint density at radius 1 is 1.03 bits per heavy atom. The van der Waals surface area contributed by atoms with Crippen molar-refractivity contribution in [3.8, 4) is 0 Å². The van der Waals surface area contributed by atoms with Crippen molar-refractivity contribution in [2.45, 2.75) is 0 Å². The van der Waals surface area contributed by atoms with Gasteiger partial charge in [0.15, 0.2) is 0 Å². The fourth-order valence-corrected chi connectivity index (χ4v) is 3.02. The van der Waals surface area contributed by atoms with Gasteiger partial charge in [-0.2, -0.15) is 0 Å². The van der Waals surface area contributed by atoms with Crippen LogP contribution < -0.4 is 15.5 Å². The fourth-order valence-electron chi connectivity index (χ4n) is 2.89. The maximum Gasteiger partial charge on any atom is 0.320 e. The molecule has 4 rings (SSSR count). The highest BCUT2D eigenvalue weighted by Gasteiger charge is 2.17. The van der Waals surface area contributed by atoms with Crippen LogP contribution in [0.2, 0.25) is 5.02 Å². The summed E-state index contributed by atoms with van der Waals surface area (Å²) in [6.45, 7) is 3.87. The van der Waals surface area contributed by atoms with E-state index in [9.17, 15) is 4.79 Å². The summed E-state index contributed by atoms with van der Waals surface area (Å²) < 4.78 is 5.37. The number of pyridine rings is 1. The highest BCUT2D eigenvalue weighted by Crippen LogP contribution is 2.19. The molecule has 0 radical (unpaired) electrons. The van der Waals surface area contributed by atoms with Crippen LogP contribution in [0.1, 0.15) is 10.7 Å². The molecule has 0 atom stereocenters. The molecule has 1 aromatic carbocycles. The van der Waals surface area contributed by atoms with E-state index < -0.39 is 5.91 Å². The zero-order valence-electron chi connectivity index (χ0n) is 15.8. The van der Waals surface area contributed by atoms with E-state index in [0.29, 0.717) is 16.4 Å². The fraction of sp³-hybridized carbons (Fsp3) is 0.263. The number of likely N-dealkylation sites (N-methyl/N-ethyl adjacent to an activating group) is 1. The van der Waals surface area contributed by atoms with E-state index in [-0.39, 0.29) is 11.9 Å². The number of rotatable bonds is 5. The molecule has 2 aromatic heterocycles. The van der Waals surface area contributed by atoms with Crippen molar-refractivity contribution in [2.24, 2.45) is 0 Å². The number of carbonyl (C=O) groups excluding carboxylic acids is 1. The minimum Gasteiger partial charge on any atom is -0.399 e. The number of nitrogens with one attached hydrogen (secondary N) is 2. The van der Waals surface area contributed by atoms with Crippen LogP contribution in [0, 0.1) is 0 Å². The van der Waals surface area contributed by atoms with Gasteiger partial charge in [0.2, 0.25) is 0 Å². The summed E-state index contributed by atoms with van der Waals surface area (Å²) in [7, 11) is 2.11. The van der Waals surface area contributed by atoms with Crippen molar-refractivity contribution in [1.82, 2.24) is 20.1 Å². The third kappa shape index (κ3) is 4.82. The van der Waals surface area contributed by atoms with E-state index >= 15 is 0 Å². The van der Waals surface area contributed by atoms with Gasteiger partial charge in [0.1, 0.15) is 5.82 Å². The van der Waals surface area contributed by atoms with Crippen molar-refractivity contribution in [1.29, 1.82) is 0 Å². The summed E-state index contributed by atoms with van der Waals surface area (Å²) in [6.07, 6.45) is 1.62. The first-order chi connectivity index (χ1) is 14.1. The molecule has 3 heterocycles. The number of halogens is 1. The highest BCUT2D eigenvalue weighted by atomic mass is 35.5. The van der Waals surface area contributed by atoms with Gasteiger partial charge in [0.05, 0.1) is 11.9 Å². The summed E-state index contributed by atoms with van der Waals surface area (Å²) in [5.74, 6) is 0.240. The van der Waals surface area contributed by atoms with Gasteiger partial charge in [-0.15, -0.1) is 5.10 Å². The molecule has 0 saturated carbocycles. The second kappa shape index (κ2) is 8.46. The molecule has 2 N–H and O–H groups in total. The van der Waals surface area contributed by atoms with Gasteiger partial charge < -0.3 is 24.9 Å². The Morgan fingerprint density at radius 2 is 1.76 bits per heavy atom. The standard InChI is InChI=1S/C19H20ClN7O2/c1-26-8-10-27(11-9-26)16-7-6-15(12-21-16)22-17(28)18-24-25-19(29-18)23-14-4-2-13(20)3-5-14/h2-7,12H,8-11H2,1H3,(H,22,28)(H,23,25). The van der Waals surface area contributed by atoms with Gasteiger partial charge in [0.25, 0.3) is 0 Å². The van der Waals surface area contributed by atoms with Crippen LogP contribution in [0.25, 0.3) is 0 Å². The van der Waals surface area contributed by atoms with E-state index in [1.807, 2.05) is 12.1 Å². The first-order valence-corrected chi connectivity index (χ1v) is 9.51. The van der Waals surface area contributed by atoms with Gasteiger partial charge >= 0.3 is 17.8 Å². The van der Waals surface area contributed by atoms with Crippen molar-refractivity contribution in [3.05, 3.63) is 53.5 Å². The second-order valence-electron chi connectivity index (χ2n) is 6.69. The van der Waals surface area contributed by atoms with Gasteiger partial charge in [-0.05, 0) is 43.4 Å². The van der Waals surface area contributed by atoms with Crippen LogP contribution in [0.3, 0.4) is 0 Å².